The van der Waals surface area contributed by atoms with Crippen molar-refractivity contribution < 1.29 is 0 Å². The van der Waals surface area contributed by atoms with E-state index in [1.165, 1.54) is 29.9 Å². The number of nitrogens with one attached hydrogen (secondary N) is 1. The van der Waals surface area contributed by atoms with Gasteiger partial charge in [0.25, 0.3) is 0 Å². The molecule has 0 aromatic rings. The monoisotopic (exact) mass is 185 g/mol. The molecule has 0 saturated carbocycles. The van der Waals surface area contributed by atoms with Gasteiger partial charge in [0.1, 0.15) is 0 Å². The Morgan fingerprint density at radius 2 is 2.50 bits per heavy atom. The minimum atomic E-state index is 0.803. The van der Waals surface area contributed by atoms with Crippen LogP contribution in [0.5, 0.6) is 0 Å². The van der Waals surface area contributed by atoms with Crippen molar-refractivity contribution in [2.45, 2.75) is 19.3 Å². The van der Waals surface area contributed by atoms with Crippen LogP contribution < -0.4 is 5.32 Å². The molecule has 1 fully saturated rings. The zero-order valence-corrected chi connectivity index (χ0v) is 8.75. The zero-order chi connectivity index (χ0) is 8.81. The molecular weight excluding hydrogens is 166 g/mol. The Bertz CT molecular complexity index is 139. The molecule has 70 valence electrons. The van der Waals surface area contributed by atoms with Crippen molar-refractivity contribution in [3.05, 3.63) is 12.2 Å². The summed E-state index contributed by atoms with van der Waals surface area (Å²) in [6.45, 7) is 5.25. The van der Waals surface area contributed by atoms with E-state index in [1.807, 2.05) is 7.05 Å². The molecule has 1 nitrogen and oxygen atoms in total. The van der Waals surface area contributed by atoms with E-state index in [0.717, 1.165) is 18.9 Å². The quantitative estimate of drug-likeness (QED) is 0.674. The van der Waals surface area contributed by atoms with Crippen molar-refractivity contribution in [3.63, 3.8) is 0 Å². The van der Waals surface area contributed by atoms with Crippen LogP contribution in [-0.2, 0) is 0 Å². The van der Waals surface area contributed by atoms with E-state index in [0.29, 0.717) is 0 Å². The standard InChI is InChI=1S/C10H19NS/c1-9(5-6-11-2)10-4-3-7-12-8-10/h10-11H,1,3-8H2,2H3. The van der Waals surface area contributed by atoms with Gasteiger partial charge in [-0.3, -0.25) is 0 Å². The molecule has 0 aliphatic carbocycles. The Hall–Kier alpha value is 0.0500. The minimum Gasteiger partial charge on any atom is -0.319 e. The molecule has 1 atom stereocenters. The van der Waals surface area contributed by atoms with E-state index in [1.54, 1.807) is 0 Å². The van der Waals surface area contributed by atoms with Gasteiger partial charge in [-0.1, -0.05) is 12.2 Å². The Kier molecular flexibility index (Phi) is 4.77. The normalized spacial score (nSPS) is 23.9. The summed E-state index contributed by atoms with van der Waals surface area (Å²) in [5, 5.41) is 3.17. The molecule has 0 radical (unpaired) electrons. The van der Waals surface area contributed by atoms with Crippen molar-refractivity contribution in [2.75, 3.05) is 25.1 Å². The molecule has 1 unspecified atom stereocenters. The third-order valence-electron chi connectivity index (χ3n) is 2.43. The largest absolute Gasteiger partial charge is 0.319 e. The van der Waals surface area contributed by atoms with Crippen LogP contribution in [-0.4, -0.2) is 25.1 Å². The topological polar surface area (TPSA) is 12.0 Å². The van der Waals surface area contributed by atoms with Gasteiger partial charge in [0.2, 0.25) is 0 Å². The van der Waals surface area contributed by atoms with Crippen LogP contribution in [0.15, 0.2) is 12.2 Å². The molecule has 0 amide bonds. The summed E-state index contributed by atoms with van der Waals surface area (Å²) < 4.78 is 0. The molecule has 12 heavy (non-hydrogen) atoms. The summed E-state index contributed by atoms with van der Waals surface area (Å²) in [5.74, 6) is 3.47. The van der Waals surface area contributed by atoms with Gasteiger partial charge in [-0.25, -0.2) is 0 Å². The lowest BCUT2D eigenvalue weighted by Gasteiger charge is -2.23. The second kappa shape index (κ2) is 5.65. The maximum absolute atomic E-state index is 4.16. The molecule has 1 heterocycles. The fourth-order valence-electron chi connectivity index (χ4n) is 1.55. The number of hydrogen-bond donors (Lipinski definition) is 1. The fraction of sp³-hybridized carbons (Fsp3) is 0.800. The molecule has 0 spiro atoms. The molecule has 2 heteroatoms. The van der Waals surface area contributed by atoms with Gasteiger partial charge >= 0.3 is 0 Å². The minimum absolute atomic E-state index is 0.803. The first-order chi connectivity index (χ1) is 5.84. The highest BCUT2D eigenvalue weighted by Gasteiger charge is 2.15. The predicted molar refractivity (Wildman–Crippen MR) is 57.7 cm³/mol. The van der Waals surface area contributed by atoms with E-state index in [2.05, 4.69) is 23.7 Å². The highest BCUT2D eigenvalue weighted by atomic mass is 32.2. The van der Waals surface area contributed by atoms with Crippen LogP contribution in [0.1, 0.15) is 19.3 Å². The number of rotatable bonds is 4. The number of hydrogen-bond acceptors (Lipinski definition) is 2. The van der Waals surface area contributed by atoms with E-state index in [-0.39, 0.29) is 0 Å². The van der Waals surface area contributed by atoms with Crippen molar-refractivity contribution in [3.8, 4) is 0 Å². The van der Waals surface area contributed by atoms with Gasteiger partial charge in [-0.15, -0.1) is 0 Å². The van der Waals surface area contributed by atoms with Crippen LogP contribution >= 0.6 is 11.8 Å². The average Bonchev–Trinajstić information content (AvgIpc) is 2.15. The predicted octanol–water partition coefficient (Wildman–Crippen LogP) is 2.30. The third kappa shape index (κ3) is 3.20. The highest BCUT2D eigenvalue weighted by Crippen LogP contribution is 2.28. The van der Waals surface area contributed by atoms with Gasteiger partial charge in [0.15, 0.2) is 0 Å². The van der Waals surface area contributed by atoms with Crippen LogP contribution in [0.3, 0.4) is 0 Å². The maximum atomic E-state index is 4.16. The van der Waals surface area contributed by atoms with Crippen molar-refractivity contribution in [2.24, 2.45) is 5.92 Å². The highest BCUT2D eigenvalue weighted by molar-refractivity contribution is 7.99. The van der Waals surface area contributed by atoms with Gasteiger partial charge in [-0.2, -0.15) is 11.8 Å². The van der Waals surface area contributed by atoms with E-state index in [9.17, 15) is 0 Å². The van der Waals surface area contributed by atoms with Crippen molar-refractivity contribution in [1.29, 1.82) is 0 Å². The summed E-state index contributed by atoms with van der Waals surface area (Å²) in [5.41, 5.74) is 1.46. The average molecular weight is 185 g/mol. The Labute approximate surface area is 80.0 Å². The fourth-order valence-corrected chi connectivity index (χ4v) is 2.78. The summed E-state index contributed by atoms with van der Waals surface area (Å²) in [7, 11) is 2.00. The first-order valence-electron chi connectivity index (χ1n) is 4.74. The second-order valence-electron chi connectivity index (χ2n) is 3.43. The molecule has 1 aliphatic rings. The van der Waals surface area contributed by atoms with Gasteiger partial charge in [0, 0.05) is 0 Å². The van der Waals surface area contributed by atoms with Gasteiger partial charge < -0.3 is 5.32 Å². The van der Waals surface area contributed by atoms with Gasteiger partial charge in [-0.05, 0) is 50.3 Å². The summed E-state index contributed by atoms with van der Waals surface area (Å²) in [6, 6.07) is 0. The Morgan fingerprint density at radius 1 is 1.67 bits per heavy atom. The van der Waals surface area contributed by atoms with Crippen molar-refractivity contribution in [1.82, 2.24) is 5.32 Å². The number of thioether (sulfide) groups is 1. The summed E-state index contributed by atoms with van der Waals surface area (Å²) >= 11 is 2.08. The van der Waals surface area contributed by atoms with E-state index < -0.39 is 0 Å². The lowest BCUT2D eigenvalue weighted by atomic mass is 9.95. The van der Waals surface area contributed by atoms with Crippen molar-refractivity contribution >= 4 is 11.8 Å². The van der Waals surface area contributed by atoms with E-state index in [4.69, 9.17) is 0 Å². The Balaban J connectivity index is 2.20. The van der Waals surface area contributed by atoms with Crippen LogP contribution in [0.25, 0.3) is 0 Å². The molecule has 1 rings (SSSR count). The second-order valence-corrected chi connectivity index (χ2v) is 4.58. The molecule has 0 aromatic heterocycles. The molecule has 0 bridgehead atoms. The first kappa shape index (κ1) is 10.1. The molecule has 0 aromatic carbocycles. The maximum Gasteiger partial charge on any atom is -0.000187 e. The smallest absolute Gasteiger partial charge is 0.000187 e. The molecule has 1 aliphatic heterocycles. The summed E-state index contributed by atoms with van der Waals surface area (Å²) in [6.07, 6.45) is 3.91. The molecule has 1 saturated heterocycles. The Morgan fingerprint density at radius 3 is 3.08 bits per heavy atom. The third-order valence-corrected chi connectivity index (χ3v) is 3.65. The molecule has 1 N–H and O–H groups in total. The van der Waals surface area contributed by atoms with Crippen LogP contribution in [0, 0.1) is 5.92 Å². The molecular formula is C10H19NS. The SMILES string of the molecule is C=C(CCNC)C1CCCSC1. The lowest BCUT2D eigenvalue weighted by molar-refractivity contribution is 0.572. The van der Waals surface area contributed by atoms with Crippen LogP contribution in [0.2, 0.25) is 0 Å². The summed E-state index contributed by atoms with van der Waals surface area (Å²) in [4.78, 5) is 0. The van der Waals surface area contributed by atoms with E-state index >= 15 is 0 Å². The van der Waals surface area contributed by atoms with Gasteiger partial charge in [0.05, 0.1) is 0 Å². The zero-order valence-electron chi connectivity index (χ0n) is 7.94. The first-order valence-corrected chi connectivity index (χ1v) is 5.90. The van der Waals surface area contributed by atoms with Crippen LogP contribution in [0.4, 0.5) is 0 Å². The lowest BCUT2D eigenvalue weighted by Crippen LogP contribution is -2.16.